The van der Waals surface area contributed by atoms with Gasteiger partial charge in [-0.25, -0.2) is 15.0 Å². The number of aryl methyl sites for hydroxylation is 1. The number of rotatable bonds is 4. The number of benzene rings is 1. The first kappa shape index (κ1) is 20.5. The lowest BCUT2D eigenvalue weighted by Gasteiger charge is -2.33. The topological polar surface area (TPSA) is 71.9 Å². The van der Waals surface area contributed by atoms with E-state index in [2.05, 4.69) is 27.1 Å². The van der Waals surface area contributed by atoms with Gasteiger partial charge in [0.2, 0.25) is 0 Å². The molecule has 6 nitrogen and oxygen atoms in total. The largest absolute Gasteiger partial charge is 0.337 e. The third-order valence-electron chi connectivity index (χ3n) is 5.77. The van der Waals surface area contributed by atoms with Crippen molar-refractivity contribution in [3.8, 4) is 22.5 Å². The molecule has 0 bridgehead atoms. The highest BCUT2D eigenvalue weighted by Gasteiger charge is 2.29. The monoisotopic (exact) mass is 441 g/mol. The summed E-state index contributed by atoms with van der Waals surface area (Å²) in [5.74, 6) is 0.815. The second-order valence-electron chi connectivity index (χ2n) is 7.94. The minimum absolute atomic E-state index is 0.00345. The molecule has 1 saturated heterocycles. The van der Waals surface area contributed by atoms with Crippen LogP contribution in [0.4, 0.5) is 0 Å². The molecule has 7 heteroatoms. The Hall–Kier alpha value is -3.45. The van der Waals surface area contributed by atoms with Gasteiger partial charge in [-0.2, -0.15) is 0 Å². The number of pyridine rings is 1. The van der Waals surface area contributed by atoms with Crippen LogP contribution in [0.25, 0.3) is 22.5 Å². The zero-order chi connectivity index (χ0) is 21.9. The second-order valence-corrected chi connectivity index (χ2v) is 9.00. The van der Waals surface area contributed by atoms with Crippen molar-refractivity contribution in [2.75, 3.05) is 13.1 Å². The van der Waals surface area contributed by atoms with E-state index in [4.69, 9.17) is 4.98 Å². The van der Waals surface area contributed by atoms with Crippen LogP contribution in [0.15, 0.2) is 66.4 Å². The highest BCUT2D eigenvalue weighted by molar-refractivity contribution is 7.09. The standard InChI is InChI=1S/C25H23N5OS/c1-17-28-22(16-32-17)25(31)30-13-5-8-20(15-30)23-21(18-6-3-2-4-7-18)14-27-24(29-23)19-9-11-26-12-10-19/h2-4,6-7,9-12,14,16,20H,5,8,13,15H2,1H3/t20-/m0/s1. The fourth-order valence-electron chi connectivity index (χ4n) is 4.19. The van der Waals surface area contributed by atoms with Crippen LogP contribution in [0.1, 0.15) is 39.9 Å². The normalized spacial score (nSPS) is 16.2. The molecule has 32 heavy (non-hydrogen) atoms. The third-order valence-corrected chi connectivity index (χ3v) is 6.55. The van der Waals surface area contributed by atoms with Crippen LogP contribution < -0.4 is 0 Å². The minimum Gasteiger partial charge on any atom is -0.337 e. The highest BCUT2D eigenvalue weighted by atomic mass is 32.1. The molecular weight excluding hydrogens is 418 g/mol. The number of aromatic nitrogens is 4. The van der Waals surface area contributed by atoms with Crippen molar-refractivity contribution < 1.29 is 4.79 Å². The number of hydrogen-bond acceptors (Lipinski definition) is 6. The maximum atomic E-state index is 13.1. The lowest BCUT2D eigenvalue weighted by molar-refractivity contribution is 0.0700. The predicted octanol–water partition coefficient (Wildman–Crippen LogP) is 4.99. The summed E-state index contributed by atoms with van der Waals surface area (Å²) in [5, 5.41) is 2.76. The Balaban J connectivity index is 1.52. The third kappa shape index (κ3) is 4.16. The Morgan fingerprint density at radius 2 is 1.88 bits per heavy atom. The zero-order valence-corrected chi connectivity index (χ0v) is 18.6. The van der Waals surface area contributed by atoms with Crippen molar-refractivity contribution in [2.24, 2.45) is 0 Å². The van der Waals surface area contributed by atoms with Crippen LogP contribution >= 0.6 is 11.3 Å². The smallest absolute Gasteiger partial charge is 0.273 e. The van der Waals surface area contributed by atoms with Gasteiger partial charge in [-0.15, -0.1) is 11.3 Å². The predicted molar refractivity (Wildman–Crippen MR) is 125 cm³/mol. The lowest BCUT2D eigenvalue weighted by Crippen LogP contribution is -2.39. The van der Waals surface area contributed by atoms with E-state index in [1.807, 2.05) is 53.7 Å². The van der Waals surface area contributed by atoms with Crippen molar-refractivity contribution in [1.29, 1.82) is 0 Å². The van der Waals surface area contributed by atoms with Gasteiger partial charge in [0.25, 0.3) is 5.91 Å². The van der Waals surface area contributed by atoms with Crippen molar-refractivity contribution in [2.45, 2.75) is 25.7 Å². The molecule has 0 spiro atoms. The van der Waals surface area contributed by atoms with Gasteiger partial charge in [0.1, 0.15) is 5.69 Å². The molecule has 1 aromatic carbocycles. The summed E-state index contributed by atoms with van der Waals surface area (Å²) in [6.07, 6.45) is 7.33. The number of carbonyl (C=O) groups is 1. The minimum atomic E-state index is 0.00345. The number of nitrogens with zero attached hydrogens (tertiary/aromatic N) is 5. The maximum Gasteiger partial charge on any atom is 0.273 e. The van der Waals surface area contributed by atoms with Gasteiger partial charge in [0.15, 0.2) is 5.82 Å². The van der Waals surface area contributed by atoms with Crippen LogP contribution in [-0.2, 0) is 0 Å². The van der Waals surface area contributed by atoms with E-state index in [9.17, 15) is 4.79 Å². The number of carbonyl (C=O) groups excluding carboxylic acids is 1. The van der Waals surface area contributed by atoms with Crippen molar-refractivity contribution in [1.82, 2.24) is 24.8 Å². The van der Waals surface area contributed by atoms with E-state index in [0.29, 0.717) is 18.1 Å². The van der Waals surface area contributed by atoms with Gasteiger partial charge in [0.05, 0.1) is 10.7 Å². The molecular formula is C25H23N5OS. The first-order valence-electron chi connectivity index (χ1n) is 10.7. The van der Waals surface area contributed by atoms with E-state index >= 15 is 0 Å². The van der Waals surface area contributed by atoms with Crippen LogP contribution in [-0.4, -0.2) is 43.8 Å². The molecule has 5 rings (SSSR count). The van der Waals surface area contributed by atoms with Crippen molar-refractivity contribution >= 4 is 17.2 Å². The molecule has 160 valence electrons. The number of hydrogen-bond donors (Lipinski definition) is 0. The van der Waals surface area contributed by atoms with Gasteiger partial charge in [-0.3, -0.25) is 9.78 Å². The van der Waals surface area contributed by atoms with E-state index in [1.54, 1.807) is 12.4 Å². The van der Waals surface area contributed by atoms with Crippen LogP contribution in [0.2, 0.25) is 0 Å². The molecule has 4 aromatic rings. The van der Waals surface area contributed by atoms with Crippen molar-refractivity contribution in [3.05, 3.63) is 82.8 Å². The van der Waals surface area contributed by atoms with Gasteiger partial charge >= 0.3 is 0 Å². The number of thiazole rings is 1. The Morgan fingerprint density at radius 1 is 1.06 bits per heavy atom. The molecule has 1 amide bonds. The molecule has 0 N–H and O–H groups in total. The molecule has 0 aliphatic carbocycles. The van der Waals surface area contributed by atoms with Crippen LogP contribution in [0, 0.1) is 6.92 Å². The summed E-state index contributed by atoms with van der Waals surface area (Å²) >= 11 is 1.51. The highest BCUT2D eigenvalue weighted by Crippen LogP contribution is 2.34. The van der Waals surface area contributed by atoms with Gasteiger partial charge in [-0.1, -0.05) is 30.3 Å². The summed E-state index contributed by atoms with van der Waals surface area (Å²) in [7, 11) is 0. The molecule has 0 saturated carbocycles. The summed E-state index contributed by atoms with van der Waals surface area (Å²) in [6.45, 7) is 3.30. The van der Waals surface area contributed by atoms with Crippen molar-refractivity contribution in [3.63, 3.8) is 0 Å². The van der Waals surface area contributed by atoms with Crippen LogP contribution in [0.3, 0.4) is 0 Å². The average Bonchev–Trinajstić information content (AvgIpc) is 3.30. The summed E-state index contributed by atoms with van der Waals surface area (Å²) in [4.78, 5) is 33.2. The Labute approximate surface area is 191 Å². The molecule has 0 radical (unpaired) electrons. The zero-order valence-electron chi connectivity index (χ0n) is 17.8. The van der Waals surface area contributed by atoms with Gasteiger partial charge < -0.3 is 4.90 Å². The van der Waals surface area contributed by atoms with E-state index in [-0.39, 0.29) is 11.8 Å². The molecule has 1 aliphatic rings. The molecule has 4 heterocycles. The number of amides is 1. The molecule has 1 aliphatic heterocycles. The Kier molecular flexibility index (Phi) is 5.73. The fourth-order valence-corrected chi connectivity index (χ4v) is 4.78. The quantitative estimate of drug-likeness (QED) is 0.446. The SMILES string of the molecule is Cc1nc(C(=O)N2CCC[C@H](c3nc(-c4ccncc4)ncc3-c3ccccc3)C2)cs1. The molecule has 3 aromatic heterocycles. The number of piperidine rings is 1. The van der Waals surface area contributed by atoms with Crippen LogP contribution in [0.5, 0.6) is 0 Å². The first-order valence-corrected chi connectivity index (χ1v) is 11.6. The van der Waals surface area contributed by atoms with E-state index in [0.717, 1.165) is 46.8 Å². The summed E-state index contributed by atoms with van der Waals surface area (Å²) in [5.41, 5.74) is 4.57. The lowest BCUT2D eigenvalue weighted by atomic mass is 9.89. The second kappa shape index (κ2) is 8.96. The number of likely N-dealkylation sites (tertiary alicyclic amines) is 1. The maximum absolute atomic E-state index is 13.1. The molecule has 0 unspecified atom stereocenters. The summed E-state index contributed by atoms with van der Waals surface area (Å²) in [6, 6.07) is 14.1. The Bertz CT molecular complexity index is 1230. The Morgan fingerprint density at radius 3 is 2.62 bits per heavy atom. The molecule has 1 atom stereocenters. The van der Waals surface area contributed by atoms with E-state index in [1.165, 1.54) is 11.3 Å². The van der Waals surface area contributed by atoms with Gasteiger partial charge in [0, 0.05) is 54.1 Å². The fraction of sp³-hybridized carbons (Fsp3) is 0.240. The first-order chi connectivity index (χ1) is 15.7. The van der Waals surface area contributed by atoms with E-state index < -0.39 is 0 Å². The summed E-state index contributed by atoms with van der Waals surface area (Å²) < 4.78 is 0. The molecule has 1 fully saturated rings. The average molecular weight is 442 g/mol. The van der Waals surface area contributed by atoms with Gasteiger partial charge in [-0.05, 0) is 37.5 Å².